The van der Waals surface area contributed by atoms with Crippen LogP contribution in [0.1, 0.15) is 53.0 Å². The number of para-hydroxylation sites is 1. The molecule has 2 atom stereocenters. The van der Waals surface area contributed by atoms with Crippen molar-refractivity contribution in [3.05, 3.63) is 58.8 Å². The molecular formula is C28H28F2N6O3. The van der Waals surface area contributed by atoms with Gasteiger partial charge in [0.15, 0.2) is 11.5 Å². The Kier molecular flexibility index (Phi) is 6.80. The lowest BCUT2D eigenvalue weighted by Gasteiger charge is -2.35. The molecule has 2 N–H and O–H groups in total. The summed E-state index contributed by atoms with van der Waals surface area (Å²) < 4.78 is 26.5. The van der Waals surface area contributed by atoms with E-state index < -0.39 is 17.8 Å². The first-order valence-electron chi connectivity index (χ1n) is 12.8. The van der Waals surface area contributed by atoms with Crippen LogP contribution in [0.2, 0.25) is 0 Å². The molecule has 9 nitrogen and oxygen atoms in total. The van der Waals surface area contributed by atoms with E-state index in [9.17, 15) is 28.7 Å². The van der Waals surface area contributed by atoms with Gasteiger partial charge < -0.3 is 20.2 Å². The number of halogens is 2. The van der Waals surface area contributed by atoms with Gasteiger partial charge in [-0.3, -0.25) is 4.79 Å². The number of aromatic nitrogens is 2. The van der Waals surface area contributed by atoms with Crippen molar-refractivity contribution in [2.45, 2.75) is 38.7 Å². The molecule has 0 radical (unpaired) electrons. The molecule has 1 aliphatic carbocycles. The van der Waals surface area contributed by atoms with E-state index in [1.54, 1.807) is 23.1 Å². The van der Waals surface area contributed by atoms with Crippen LogP contribution in [0.3, 0.4) is 0 Å². The van der Waals surface area contributed by atoms with Crippen LogP contribution < -0.4 is 10.2 Å². The summed E-state index contributed by atoms with van der Waals surface area (Å²) in [6.45, 7) is 5.28. The summed E-state index contributed by atoms with van der Waals surface area (Å²) in [7, 11) is 0. The summed E-state index contributed by atoms with van der Waals surface area (Å²) in [4.78, 5) is 37.1. The third kappa shape index (κ3) is 5.32. The van der Waals surface area contributed by atoms with E-state index in [0.29, 0.717) is 48.7 Å². The smallest absolute Gasteiger partial charge is 0.337 e. The number of aromatic carboxylic acids is 1. The van der Waals surface area contributed by atoms with Crippen LogP contribution in [0.5, 0.6) is 0 Å². The van der Waals surface area contributed by atoms with Crippen molar-refractivity contribution in [2.75, 3.05) is 36.4 Å². The standard InChI is InChI=1S/C28H28F2N6O3/c1-16-11-20(17(2)32-21-6-4-3-5-19(21)27(38)39)25-22(12-16)33-23(15-31)26(34-25)36-9-7-35(8-10-36)24(37)13-18-14-28(18,29)30/h3-6,11-12,17-18,32H,7-10,13-14H2,1-2H3,(H,38,39)/t17-,18-/m1/s1. The fourth-order valence-electron chi connectivity index (χ4n) is 5.05. The molecule has 1 amide bonds. The van der Waals surface area contributed by atoms with Gasteiger partial charge in [-0.05, 0) is 37.6 Å². The largest absolute Gasteiger partial charge is 0.478 e. The molecule has 39 heavy (non-hydrogen) atoms. The highest BCUT2D eigenvalue weighted by atomic mass is 19.3. The second-order valence-corrected chi connectivity index (χ2v) is 10.2. The number of rotatable bonds is 7. The highest BCUT2D eigenvalue weighted by Gasteiger charge is 2.57. The summed E-state index contributed by atoms with van der Waals surface area (Å²) in [5.74, 6) is -4.50. The van der Waals surface area contributed by atoms with Crippen molar-refractivity contribution in [3.63, 3.8) is 0 Å². The Morgan fingerprint density at radius 1 is 1.21 bits per heavy atom. The van der Waals surface area contributed by atoms with Crippen molar-refractivity contribution < 1.29 is 23.5 Å². The number of nitrogens with one attached hydrogen (secondary N) is 1. The topological polar surface area (TPSA) is 122 Å². The molecule has 1 aromatic heterocycles. The Hall–Kier alpha value is -4.33. The van der Waals surface area contributed by atoms with Gasteiger partial charge in [0.05, 0.1) is 22.6 Å². The number of benzene rings is 2. The molecule has 1 saturated heterocycles. The van der Waals surface area contributed by atoms with Crippen molar-refractivity contribution in [1.29, 1.82) is 5.26 Å². The highest BCUT2D eigenvalue weighted by molar-refractivity contribution is 5.94. The van der Waals surface area contributed by atoms with Gasteiger partial charge in [0, 0.05) is 56.2 Å². The van der Waals surface area contributed by atoms with E-state index in [-0.39, 0.29) is 36.0 Å². The molecule has 0 bridgehead atoms. The zero-order chi connectivity index (χ0) is 27.9. The van der Waals surface area contributed by atoms with Crippen molar-refractivity contribution in [1.82, 2.24) is 14.9 Å². The van der Waals surface area contributed by atoms with Crippen molar-refractivity contribution >= 4 is 34.4 Å². The molecule has 1 saturated carbocycles. The van der Waals surface area contributed by atoms with Crippen molar-refractivity contribution in [2.24, 2.45) is 5.92 Å². The number of nitriles is 1. The van der Waals surface area contributed by atoms with Gasteiger partial charge in [0.25, 0.3) is 5.92 Å². The first-order valence-corrected chi connectivity index (χ1v) is 12.8. The van der Waals surface area contributed by atoms with Crippen LogP contribution in [0.15, 0.2) is 36.4 Å². The molecule has 2 heterocycles. The first-order chi connectivity index (χ1) is 18.6. The molecular weight excluding hydrogens is 506 g/mol. The van der Waals surface area contributed by atoms with E-state index >= 15 is 0 Å². The minimum atomic E-state index is -2.72. The lowest BCUT2D eigenvalue weighted by atomic mass is 10.0. The van der Waals surface area contributed by atoms with Gasteiger partial charge >= 0.3 is 5.97 Å². The Morgan fingerprint density at radius 3 is 2.54 bits per heavy atom. The molecule has 0 unspecified atom stereocenters. The number of fused-ring (bicyclic) bond motifs is 1. The number of aryl methyl sites for hydroxylation is 1. The second kappa shape index (κ2) is 10.1. The molecule has 2 aromatic carbocycles. The predicted octanol–water partition coefficient (Wildman–Crippen LogP) is 4.38. The minimum absolute atomic E-state index is 0.148. The SMILES string of the molecule is Cc1cc([C@@H](C)Nc2ccccc2C(=O)O)c2nc(N3CCN(C(=O)C[C@@H]4CC4(F)F)CC3)c(C#N)nc2c1. The average Bonchev–Trinajstić information content (AvgIpc) is 3.52. The Labute approximate surface area is 224 Å². The molecule has 202 valence electrons. The maximum absolute atomic E-state index is 13.3. The van der Waals surface area contributed by atoms with E-state index in [1.165, 1.54) is 6.07 Å². The van der Waals surface area contributed by atoms with Gasteiger partial charge in [0.1, 0.15) is 6.07 Å². The molecule has 2 fully saturated rings. The fourth-order valence-corrected chi connectivity index (χ4v) is 5.05. The average molecular weight is 535 g/mol. The molecule has 0 spiro atoms. The Morgan fingerprint density at radius 2 is 1.90 bits per heavy atom. The summed E-state index contributed by atoms with van der Waals surface area (Å²) >= 11 is 0. The number of carboxylic acids is 1. The number of anilines is 2. The van der Waals surface area contributed by atoms with Crippen LogP contribution in [0.25, 0.3) is 11.0 Å². The van der Waals surface area contributed by atoms with E-state index in [0.717, 1.165) is 11.1 Å². The van der Waals surface area contributed by atoms with Gasteiger partial charge in [-0.1, -0.05) is 18.2 Å². The van der Waals surface area contributed by atoms with Crippen LogP contribution in [-0.4, -0.2) is 64.0 Å². The molecule has 2 aliphatic rings. The first kappa shape index (κ1) is 26.3. The molecule has 11 heteroatoms. The highest BCUT2D eigenvalue weighted by Crippen LogP contribution is 2.50. The third-order valence-corrected chi connectivity index (χ3v) is 7.34. The molecule has 3 aromatic rings. The van der Waals surface area contributed by atoms with Gasteiger partial charge in [-0.15, -0.1) is 0 Å². The maximum Gasteiger partial charge on any atom is 0.337 e. The van der Waals surface area contributed by atoms with Gasteiger partial charge in [-0.25, -0.2) is 23.5 Å². The fraction of sp³-hybridized carbons (Fsp3) is 0.393. The number of hydrogen-bond acceptors (Lipinski definition) is 7. The quantitative estimate of drug-likeness (QED) is 0.458. The Bertz CT molecular complexity index is 1500. The van der Waals surface area contributed by atoms with Crippen LogP contribution in [-0.2, 0) is 4.79 Å². The monoisotopic (exact) mass is 534 g/mol. The Balaban J connectivity index is 1.41. The van der Waals surface area contributed by atoms with E-state index in [2.05, 4.69) is 16.4 Å². The van der Waals surface area contributed by atoms with Crippen LogP contribution in [0, 0.1) is 24.2 Å². The molecule has 1 aliphatic heterocycles. The lowest BCUT2D eigenvalue weighted by Crippen LogP contribution is -2.49. The molecule has 5 rings (SSSR count). The number of carboxylic acid groups (broad SMARTS) is 1. The number of piperazine rings is 1. The van der Waals surface area contributed by atoms with Crippen LogP contribution >= 0.6 is 0 Å². The van der Waals surface area contributed by atoms with Gasteiger partial charge in [0.2, 0.25) is 5.91 Å². The number of nitrogens with zero attached hydrogens (tertiary/aromatic N) is 5. The summed E-state index contributed by atoms with van der Waals surface area (Å²) in [6, 6.07) is 12.3. The maximum atomic E-state index is 13.3. The lowest BCUT2D eigenvalue weighted by molar-refractivity contribution is -0.132. The van der Waals surface area contributed by atoms with E-state index in [4.69, 9.17) is 4.98 Å². The zero-order valence-electron chi connectivity index (χ0n) is 21.6. The second-order valence-electron chi connectivity index (χ2n) is 10.2. The number of amides is 1. The predicted molar refractivity (Wildman–Crippen MR) is 141 cm³/mol. The number of carbonyl (C=O) groups excluding carboxylic acids is 1. The summed E-state index contributed by atoms with van der Waals surface area (Å²) in [5, 5.41) is 22.7. The third-order valence-electron chi connectivity index (χ3n) is 7.34. The zero-order valence-corrected chi connectivity index (χ0v) is 21.6. The van der Waals surface area contributed by atoms with Crippen LogP contribution in [0.4, 0.5) is 20.3 Å². The number of alkyl halides is 2. The van der Waals surface area contributed by atoms with Gasteiger partial charge in [-0.2, -0.15) is 5.26 Å². The number of hydrogen-bond donors (Lipinski definition) is 2. The van der Waals surface area contributed by atoms with E-state index in [1.807, 2.05) is 30.9 Å². The number of carbonyl (C=O) groups is 2. The van der Waals surface area contributed by atoms with Crippen molar-refractivity contribution in [3.8, 4) is 6.07 Å². The summed E-state index contributed by atoms with van der Waals surface area (Å²) in [6.07, 6.45) is -0.376. The minimum Gasteiger partial charge on any atom is -0.478 e. The summed E-state index contributed by atoms with van der Waals surface area (Å²) in [5.41, 5.74) is 3.62. The normalized spacial score (nSPS) is 18.9.